The van der Waals surface area contributed by atoms with Gasteiger partial charge in [-0.15, -0.1) is 0 Å². The number of carbonyl (C=O) groups excluding carboxylic acids is 2. The minimum Gasteiger partial charge on any atom is -0.341 e. The van der Waals surface area contributed by atoms with Gasteiger partial charge in [0.05, 0.1) is 0 Å². The average Bonchev–Trinajstić information content (AvgIpc) is 2.48. The number of aryl methyl sites for hydroxylation is 1. The van der Waals surface area contributed by atoms with Gasteiger partial charge in [-0.1, -0.05) is 24.6 Å². The molecule has 1 aromatic carbocycles. The molecule has 0 N–H and O–H groups in total. The number of piperidine rings is 1. The number of nitrogens with zero attached hydrogens (tertiary/aromatic N) is 2. The number of hydrogen-bond donors (Lipinski definition) is 0. The van der Waals surface area contributed by atoms with E-state index in [9.17, 15) is 9.59 Å². The minimum atomic E-state index is -0.154. The second-order valence-electron chi connectivity index (χ2n) is 6.10. The van der Waals surface area contributed by atoms with Gasteiger partial charge in [0.1, 0.15) is 6.54 Å². The number of amides is 2. The van der Waals surface area contributed by atoms with Crippen molar-refractivity contribution in [1.29, 1.82) is 0 Å². The largest absolute Gasteiger partial charge is 0.341 e. The summed E-state index contributed by atoms with van der Waals surface area (Å²) in [7, 11) is 0. The van der Waals surface area contributed by atoms with Crippen LogP contribution in [0.15, 0.2) is 18.2 Å². The van der Waals surface area contributed by atoms with E-state index in [4.69, 9.17) is 11.6 Å². The van der Waals surface area contributed by atoms with Crippen LogP contribution >= 0.6 is 11.6 Å². The number of benzene rings is 1. The van der Waals surface area contributed by atoms with E-state index in [1.165, 1.54) is 11.8 Å². The fourth-order valence-corrected chi connectivity index (χ4v) is 2.80. The first-order valence-electron chi connectivity index (χ1n) is 7.70. The monoisotopic (exact) mass is 322 g/mol. The Bertz CT molecular complexity index is 566. The Hall–Kier alpha value is -1.55. The fraction of sp³-hybridized carbons (Fsp3) is 0.529. The molecule has 1 aromatic rings. The Balaban J connectivity index is 2.10. The van der Waals surface area contributed by atoms with Crippen molar-refractivity contribution in [3.63, 3.8) is 0 Å². The van der Waals surface area contributed by atoms with Crippen molar-refractivity contribution in [2.24, 2.45) is 5.92 Å². The Kier molecular flexibility index (Phi) is 5.46. The maximum atomic E-state index is 12.4. The second-order valence-corrected chi connectivity index (χ2v) is 6.51. The summed E-state index contributed by atoms with van der Waals surface area (Å²) in [4.78, 5) is 27.7. The van der Waals surface area contributed by atoms with Gasteiger partial charge in [-0.05, 0) is 43.4 Å². The fourth-order valence-electron chi connectivity index (χ4n) is 2.63. The number of carbonyl (C=O) groups is 2. The Morgan fingerprint density at radius 3 is 2.50 bits per heavy atom. The van der Waals surface area contributed by atoms with Crippen LogP contribution in [0.25, 0.3) is 0 Å². The molecule has 2 rings (SSSR count). The molecule has 0 bridgehead atoms. The molecule has 0 spiro atoms. The minimum absolute atomic E-state index is 0.00111. The summed E-state index contributed by atoms with van der Waals surface area (Å²) in [6.07, 6.45) is 2.06. The molecule has 0 atom stereocenters. The third-order valence-electron chi connectivity index (χ3n) is 4.28. The van der Waals surface area contributed by atoms with Crippen LogP contribution in [-0.4, -0.2) is 36.3 Å². The van der Waals surface area contributed by atoms with E-state index in [0.29, 0.717) is 16.6 Å². The molecule has 0 radical (unpaired) electrons. The first-order valence-corrected chi connectivity index (χ1v) is 8.08. The number of rotatable bonds is 3. The molecule has 22 heavy (non-hydrogen) atoms. The van der Waals surface area contributed by atoms with Gasteiger partial charge in [-0.25, -0.2) is 0 Å². The summed E-state index contributed by atoms with van der Waals surface area (Å²) in [5, 5.41) is 0.600. The summed E-state index contributed by atoms with van der Waals surface area (Å²) in [6, 6.07) is 5.43. The van der Waals surface area contributed by atoms with Gasteiger partial charge in [-0.3, -0.25) is 9.59 Å². The van der Waals surface area contributed by atoms with Crippen LogP contribution in [0, 0.1) is 12.8 Å². The SMILES string of the molecule is CC(=O)N(CC(=O)N1CCC(C)CC1)c1ccc(C)c(Cl)c1. The molecule has 0 aliphatic carbocycles. The van der Waals surface area contributed by atoms with Crippen molar-refractivity contribution in [3.05, 3.63) is 28.8 Å². The number of hydrogen-bond acceptors (Lipinski definition) is 2. The number of likely N-dealkylation sites (tertiary alicyclic amines) is 1. The molecule has 0 aromatic heterocycles. The third-order valence-corrected chi connectivity index (χ3v) is 4.68. The van der Waals surface area contributed by atoms with Gasteiger partial charge < -0.3 is 9.80 Å². The molecule has 1 heterocycles. The van der Waals surface area contributed by atoms with Crippen LogP contribution in [0.1, 0.15) is 32.3 Å². The van der Waals surface area contributed by atoms with Crippen molar-refractivity contribution in [2.45, 2.75) is 33.6 Å². The molecule has 1 fully saturated rings. The highest BCUT2D eigenvalue weighted by Crippen LogP contribution is 2.24. The lowest BCUT2D eigenvalue weighted by Gasteiger charge is -2.32. The highest BCUT2D eigenvalue weighted by atomic mass is 35.5. The normalized spacial score (nSPS) is 15.7. The van der Waals surface area contributed by atoms with E-state index in [1.54, 1.807) is 6.07 Å². The van der Waals surface area contributed by atoms with E-state index >= 15 is 0 Å². The zero-order valence-electron chi connectivity index (χ0n) is 13.4. The standard InChI is InChI=1S/C17H23ClN2O2/c1-12-6-8-19(9-7-12)17(22)11-20(14(3)21)15-5-4-13(2)16(18)10-15/h4-5,10,12H,6-9,11H2,1-3H3. The number of anilines is 1. The molecular weight excluding hydrogens is 300 g/mol. The maximum Gasteiger partial charge on any atom is 0.242 e. The van der Waals surface area contributed by atoms with E-state index in [0.717, 1.165) is 31.5 Å². The lowest BCUT2D eigenvalue weighted by atomic mass is 9.99. The van der Waals surface area contributed by atoms with Crippen molar-refractivity contribution < 1.29 is 9.59 Å². The van der Waals surface area contributed by atoms with Crippen molar-refractivity contribution in [3.8, 4) is 0 Å². The topological polar surface area (TPSA) is 40.6 Å². The van der Waals surface area contributed by atoms with Crippen LogP contribution in [0.5, 0.6) is 0 Å². The summed E-state index contributed by atoms with van der Waals surface area (Å²) in [5.74, 6) is 0.515. The van der Waals surface area contributed by atoms with Crippen molar-refractivity contribution in [2.75, 3.05) is 24.5 Å². The molecule has 4 nitrogen and oxygen atoms in total. The predicted octanol–water partition coefficient (Wildman–Crippen LogP) is 3.26. The Morgan fingerprint density at radius 2 is 1.95 bits per heavy atom. The van der Waals surface area contributed by atoms with Gasteiger partial charge in [0.15, 0.2) is 0 Å². The molecule has 5 heteroatoms. The molecular formula is C17H23ClN2O2. The molecule has 1 aliphatic heterocycles. The van der Waals surface area contributed by atoms with E-state index < -0.39 is 0 Å². The van der Waals surface area contributed by atoms with Crippen LogP contribution in [0.3, 0.4) is 0 Å². The lowest BCUT2D eigenvalue weighted by molar-refractivity contribution is -0.132. The first kappa shape index (κ1) is 16.8. The third kappa shape index (κ3) is 4.01. The van der Waals surface area contributed by atoms with Crippen LogP contribution in [-0.2, 0) is 9.59 Å². The van der Waals surface area contributed by atoms with Gasteiger partial charge >= 0.3 is 0 Å². The molecule has 120 valence electrons. The van der Waals surface area contributed by atoms with Gasteiger partial charge in [0, 0.05) is 30.7 Å². The first-order chi connectivity index (χ1) is 10.4. The summed E-state index contributed by atoms with van der Waals surface area (Å²) < 4.78 is 0. The van der Waals surface area contributed by atoms with E-state index in [-0.39, 0.29) is 18.4 Å². The van der Waals surface area contributed by atoms with Crippen LogP contribution in [0.2, 0.25) is 5.02 Å². The van der Waals surface area contributed by atoms with Crippen molar-refractivity contribution in [1.82, 2.24) is 4.90 Å². The van der Waals surface area contributed by atoms with Crippen LogP contribution in [0.4, 0.5) is 5.69 Å². The zero-order valence-corrected chi connectivity index (χ0v) is 14.2. The lowest BCUT2D eigenvalue weighted by Crippen LogP contribution is -2.45. The van der Waals surface area contributed by atoms with Crippen molar-refractivity contribution >= 4 is 29.1 Å². The second kappa shape index (κ2) is 7.14. The van der Waals surface area contributed by atoms with E-state index in [2.05, 4.69) is 6.92 Å². The zero-order chi connectivity index (χ0) is 16.3. The summed E-state index contributed by atoms with van der Waals surface area (Å²) in [6.45, 7) is 7.21. The molecule has 0 saturated carbocycles. The predicted molar refractivity (Wildman–Crippen MR) is 89.2 cm³/mol. The maximum absolute atomic E-state index is 12.4. The highest BCUT2D eigenvalue weighted by Gasteiger charge is 2.24. The summed E-state index contributed by atoms with van der Waals surface area (Å²) >= 11 is 6.13. The van der Waals surface area contributed by atoms with Gasteiger partial charge in [0.25, 0.3) is 0 Å². The highest BCUT2D eigenvalue weighted by molar-refractivity contribution is 6.31. The molecule has 1 saturated heterocycles. The average molecular weight is 323 g/mol. The number of halogens is 1. The van der Waals surface area contributed by atoms with Crippen LogP contribution < -0.4 is 4.90 Å². The molecule has 0 unspecified atom stereocenters. The van der Waals surface area contributed by atoms with E-state index in [1.807, 2.05) is 24.0 Å². The molecule has 1 aliphatic rings. The summed E-state index contributed by atoms with van der Waals surface area (Å²) in [5.41, 5.74) is 1.62. The Morgan fingerprint density at radius 1 is 1.32 bits per heavy atom. The smallest absolute Gasteiger partial charge is 0.242 e. The Labute approximate surface area is 137 Å². The van der Waals surface area contributed by atoms with Gasteiger partial charge in [-0.2, -0.15) is 0 Å². The quantitative estimate of drug-likeness (QED) is 0.857. The molecule has 2 amide bonds. The van der Waals surface area contributed by atoms with Gasteiger partial charge in [0.2, 0.25) is 11.8 Å².